The molecular weight excluding hydrogens is 649 g/mol. The van der Waals surface area contributed by atoms with E-state index in [1.54, 1.807) is 6.92 Å². The minimum Gasteiger partial charge on any atom is -0.479 e. The summed E-state index contributed by atoms with van der Waals surface area (Å²) in [5, 5.41) is 0. The van der Waals surface area contributed by atoms with Gasteiger partial charge in [0.2, 0.25) is 0 Å². The van der Waals surface area contributed by atoms with E-state index in [1.165, 1.54) is 5.57 Å². The summed E-state index contributed by atoms with van der Waals surface area (Å²) in [6.07, 6.45) is 7.81. The number of para-hydroxylation sites is 1. The maximum atomic E-state index is 13.9. The molecule has 1 fully saturated rings. The van der Waals surface area contributed by atoms with E-state index < -0.39 is 42.0 Å². The van der Waals surface area contributed by atoms with Gasteiger partial charge >= 0.3 is 11.9 Å². The van der Waals surface area contributed by atoms with Crippen LogP contribution in [0.15, 0.2) is 48.1 Å². The molecule has 1 heterocycles. The summed E-state index contributed by atoms with van der Waals surface area (Å²) in [5.74, 6) is 0.270. The van der Waals surface area contributed by atoms with Crippen LogP contribution in [0.1, 0.15) is 86.6 Å². The van der Waals surface area contributed by atoms with Gasteiger partial charge in [-0.05, 0) is 99.7 Å². The molecule has 3 aliphatic rings. The van der Waals surface area contributed by atoms with Crippen LogP contribution in [0.25, 0.3) is 0 Å². The molecule has 4 rings (SSSR count). The maximum Gasteiger partial charge on any atom is 0.347 e. The molecule has 2 unspecified atom stereocenters. The number of rotatable bonds is 11. The highest BCUT2D eigenvalue weighted by Gasteiger charge is 2.55. The van der Waals surface area contributed by atoms with Crippen molar-refractivity contribution in [2.75, 3.05) is 0 Å². The van der Waals surface area contributed by atoms with Crippen LogP contribution in [0, 0.1) is 41.4 Å². The Morgan fingerprint density at radius 3 is 2.29 bits per heavy atom. The Morgan fingerprint density at radius 1 is 1.02 bits per heavy atom. The van der Waals surface area contributed by atoms with Gasteiger partial charge in [-0.15, -0.1) is 0 Å². The third kappa shape index (κ3) is 9.37. The zero-order chi connectivity index (χ0) is 36.5. The van der Waals surface area contributed by atoms with Gasteiger partial charge in [0.05, 0.1) is 5.60 Å². The standard InChI is InChI=1S/C40H64O7Si2/c1-25-16-14-15-17-32(25)43-27(3)36(41)45-33-23-29(38(4,5)6)22-28-19-18-26(2)40(34(28)33,47-49(12)13)21-20-30-24-31(39(7,8)9)35(37(42)44-30)46-48(10)11/h14-19,22,26-27,29-31,33-35,48-49H,20-21,23-24H2,1-13H3/t26-,27?,29+,30+,31-,33-,34+,35?,40-/m0/s1. The predicted octanol–water partition coefficient (Wildman–Crippen LogP) is 8.35. The number of hydrogen-bond acceptors (Lipinski definition) is 7. The highest BCUT2D eigenvalue weighted by atomic mass is 28.3. The fourth-order valence-electron chi connectivity index (χ4n) is 8.08. The monoisotopic (exact) mass is 712 g/mol. The van der Waals surface area contributed by atoms with Gasteiger partial charge < -0.3 is 23.1 Å². The summed E-state index contributed by atoms with van der Waals surface area (Å²) in [5.41, 5.74) is 1.40. The first-order valence-corrected chi connectivity index (χ1v) is 24.2. The van der Waals surface area contributed by atoms with E-state index in [0.717, 1.165) is 12.0 Å². The van der Waals surface area contributed by atoms with Crippen molar-refractivity contribution in [1.82, 2.24) is 0 Å². The summed E-state index contributed by atoms with van der Waals surface area (Å²) in [6, 6.07) is 7.73. The number of esters is 2. The van der Waals surface area contributed by atoms with E-state index in [0.29, 0.717) is 25.0 Å². The van der Waals surface area contributed by atoms with Gasteiger partial charge in [-0.1, -0.05) is 84.9 Å². The number of aryl methyl sites for hydroxylation is 1. The number of cyclic esters (lactones) is 1. The molecule has 0 radical (unpaired) electrons. The van der Waals surface area contributed by atoms with E-state index in [9.17, 15) is 9.59 Å². The highest BCUT2D eigenvalue weighted by Crippen LogP contribution is 2.53. The zero-order valence-corrected chi connectivity index (χ0v) is 34.8. The summed E-state index contributed by atoms with van der Waals surface area (Å²) < 4.78 is 32.4. The second-order valence-corrected chi connectivity index (χ2v) is 22.2. The van der Waals surface area contributed by atoms with Gasteiger partial charge in [0.1, 0.15) is 24.1 Å². The number of benzene rings is 1. The summed E-state index contributed by atoms with van der Waals surface area (Å²) in [7, 11) is -3.06. The second kappa shape index (κ2) is 15.6. The van der Waals surface area contributed by atoms with Gasteiger partial charge in [0.15, 0.2) is 24.2 Å². The first-order chi connectivity index (χ1) is 22.7. The molecule has 274 valence electrons. The molecule has 1 aromatic carbocycles. The molecule has 1 aromatic rings. The van der Waals surface area contributed by atoms with Crippen LogP contribution < -0.4 is 4.74 Å². The van der Waals surface area contributed by atoms with E-state index in [2.05, 4.69) is 92.9 Å². The lowest BCUT2D eigenvalue weighted by Crippen LogP contribution is -2.58. The van der Waals surface area contributed by atoms with Crippen LogP contribution in [-0.2, 0) is 27.9 Å². The lowest BCUT2D eigenvalue weighted by Gasteiger charge is -2.54. The molecule has 1 aliphatic heterocycles. The van der Waals surface area contributed by atoms with Crippen molar-refractivity contribution in [3.05, 3.63) is 53.6 Å². The fraction of sp³-hybridized carbons (Fsp3) is 0.700. The maximum absolute atomic E-state index is 13.9. The van der Waals surface area contributed by atoms with Crippen molar-refractivity contribution in [3.63, 3.8) is 0 Å². The highest BCUT2D eigenvalue weighted by molar-refractivity contribution is 6.49. The van der Waals surface area contributed by atoms with Crippen molar-refractivity contribution >= 4 is 30.0 Å². The van der Waals surface area contributed by atoms with Gasteiger partial charge in [-0.3, -0.25) is 0 Å². The van der Waals surface area contributed by atoms with Crippen LogP contribution in [0.2, 0.25) is 26.2 Å². The Bertz CT molecular complexity index is 1370. The van der Waals surface area contributed by atoms with Crippen LogP contribution >= 0.6 is 0 Å². The number of carbonyl (C=O) groups is 2. The molecule has 0 aromatic heterocycles. The molecule has 9 heteroatoms. The SMILES string of the molecule is Cc1ccccc1OC(C)C(=O)O[C@H]1C[C@H](C(C)(C)C)C=C2C=C[C@H](C)[C@](CC[C@@H]3C[C@H](C(C)(C)C)C(O[SiH](C)C)C(=O)O3)(O[SiH](C)C)[C@H]21. The van der Waals surface area contributed by atoms with Crippen molar-refractivity contribution in [2.45, 2.75) is 144 Å². The Balaban J connectivity index is 1.68. The number of hydrogen-bond donors (Lipinski definition) is 0. The van der Waals surface area contributed by atoms with Crippen LogP contribution in [0.3, 0.4) is 0 Å². The van der Waals surface area contributed by atoms with E-state index >= 15 is 0 Å². The second-order valence-electron chi connectivity index (χ2n) is 17.5. The van der Waals surface area contributed by atoms with E-state index in [-0.39, 0.29) is 52.5 Å². The van der Waals surface area contributed by atoms with Crippen LogP contribution in [0.5, 0.6) is 5.75 Å². The average Bonchev–Trinajstić information content (AvgIpc) is 2.98. The fourth-order valence-corrected chi connectivity index (χ4v) is 10.3. The zero-order valence-electron chi connectivity index (χ0n) is 32.5. The van der Waals surface area contributed by atoms with Crippen LogP contribution in [-0.4, -0.2) is 60.0 Å². The lowest BCUT2D eigenvalue weighted by molar-refractivity contribution is -0.180. The minimum absolute atomic E-state index is 0.0190. The van der Waals surface area contributed by atoms with Crippen molar-refractivity contribution in [1.29, 1.82) is 0 Å². The summed E-state index contributed by atoms with van der Waals surface area (Å²) in [4.78, 5) is 27.3. The summed E-state index contributed by atoms with van der Waals surface area (Å²) in [6.45, 7) is 27.9. The Labute approximate surface area is 300 Å². The normalized spacial score (nSPS) is 31.2. The molecule has 9 atom stereocenters. The number of ether oxygens (including phenoxy) is 3. The van der Waals surface area contributed by atoms with Crippen molar-refractivity contribution < 1.29 is 32.7 Å². The molecule has 1 saturated heterocycles. The molecule has 0 amide bonds. The Morgan fingerprint density at radius 2 is 1.69 bits per heavy atom. The third-order valence-electron chi connectivity index (χ3n) is 10.8. The largest absolute Gasteiger partial charge is 0.479 e. The minimum atomic E-state index is -1.60. The van der Waals surface area contributed by atoms with E-state index in [4.69, 9.17) is 23.1 Å². The molecule has 7 nitrogen and oxygen atoms in total. The van der Waals surface area contributed by atoms with Crippen LogP contribution in [0.4, 0.5) is 0 Å². The molecular formula is C40H64O7Si2. The molecule has 2 aliphatic carbocycles. The topological polar surface area (TPSA) is 80.3 Å². The smallest absolute Gasteiger partial charge is 0.347 e. The Hall–Kier alpha value is -2.21. The quantitative estimate of drug-likeness (QED) is 0.169. The molecule has 0 N–H and O–H groups in total. The van der Waals surface area contributed by atoms with Gasteiger partial charge in [0, 0.05) is 17.8 Å². The van der Waals surface area contributed by atoms with E-state index in [1.807, 2.05) is 31.2 Å². The molecule has 0 spiro atoms. The first kappa shape index (κ1) is 39.6. The Kier molecular flexibility index (Phi) is 12.6. The van der Waals surface area contributed by atoms with Crippen molar-refractivity contribution in [2.24, 2.45) is 34.5 Å². The molecule has 0 bridgehead atoms. The third-order valence-corrected chi connectivity index (χ3v) is 12.6. The molecule has 49 heavy (non-hydrogen) atoms. The number of carbonyl (C=O) groups excluding carboxylic acids is 2. The number of allylic oxidation sites excluding steroid dienone is 2. The average molecular weight is 713 g/mol. The predicted molar refractivity (Wildman–Crippen MR) is 202 cm³/mol. The lowest BCUT2D eigenvalue weighted by atomic mass is 9.59. The summed E-state index contributed by atoms with van der Waals surface area (Å²) >= 11 is 0. The van der Waals surface area contributed by atoms with Gasteiger partial charge in [0.25, 0.3) is 0 Å². The molecule has 0 saturated carbocycles. The van der Waals surface area contributed by atoms with Gasteiger partial charge in [-0.2, -0.15) is 0 Å². The number of fused-ring (bicyclic) bond motifs is 1. The van der Waals surface area contributed by atoms with Gasteiger partial charge in [-0.25, -0.2) is 9.59 Å². The first-order valence-electron chi connectivity index (χ1n) is 18.6. The van der Waals surface area contributed by atoms with Crippen molar-refractivity contribution in [3.8, 4) is 5.75 Å².